The van der Waals surface area contributed by atoms with Crippen molar-refractivity contribution in [2.75, 3.05) is 0 Å². The Morgan fingerprint density at radius 3 is 2.54 bits per heavy atom. The number of benzene rings is 3. The van der Waals surface area contributed by atoms with Crippen LogP contribution in [0.2, 0.25) is 0 Å². The predicted octanol–water partition coefficient (Wildman–Crippen LogP) is 5.48. The number of hydrogen-bond donors (Lipinski definition) is 3. The van der Waals surface area contributed by atoms with E-state index < -0.39 is 0 Å². The second kappa shape index (κ2) is 9.81. The Kier molecular flexibility index (Phi) is 6.26. The third kappa shape index (κ3) is 4.92. The first-order valence-corrected chi connectivity index (χ1v) is 11.7. The number of hydrogen-bond acceptors (Lipinski definition) is 3. The largest absolute Gasteiger partial charge is 0.353 e. The lowest BCUT2D eigenvalue weighted by Crippen LogP contribution is -2.41. The van der Waals surface area contributed by atoms with E-state index in [0.29, 0.717) is 18.4 Å². The summed E-state index contributed by atoms with van der Waals surface area (Å²) in [5.41, 5.74) is 11.7. The Labute approximate surface area is 203 Å². The van der Waals surface area contributed by atoms with Gasteiger partial charge in [-0.15, -0.1) is 0 Å². The van der Waals surface area contributed by atoms with E-state index in [0.717, 1.165) is 38.8 Å². The maximum Gasteiger partial charge on any atom is 0.269 e. The lowest BCUT2D eigenvalue weighted by atomic mass is 10.0. The lowest BCUT2D eigenvalue weighted by Gasteiger charge is -2.09. The molecular weight excluding hydrogens is 436 g/mol. The summed E-state index contributed by atoms with van der Waals surface area (Å²) >= 11 is 0. The number of carbonyl (C=O) groups excluding carboxylic acids is 2. The van der Waals surface area contributed by atoms with Crippen LogP contribution in [-0.4, -0.2) is 21.8 Å². The van der Waals surface area contributed by atoms with Gasteiger partial charge in [0.1, 0.15) is 0 Å². The van der Waals surface area contributed by atoms with Gasteiger partial charge in [0.25, 0.3) is 5.91 Å². The van der Waals surface area contributed by atoms with Gasteiger partial charge in [-0.2, -0.15) is 0 Å². The number of nitrogens with zero attached hydrogens (tertiary/aromatic N) is 1. The van der Waals surface area contributed by atoms with Crippen LogP contribution in [0.25, 0.3) is 33.2 Å². The van der Waals surface area contributed by atoms with Crippen molar-refractivity contribution in [3.63, 3.8) is 0 Å². The molecule has 0 saturated heterocycles. The molecule has 0 bridgehead atoms. The van der Waals surface area contributed by atoms with E-state index in [1.807, 2.05) is 30.3 Å². The Balaban J connectivity index is 1.32. The number of aryl methyl sites for hydroxylation is 2. The zero-order chi connectivity index (χ0) is 24.2. The maximum absolute atomic E-state index is 12.4. The fraction of sp³-hybridized carbons (Fsp3) is 0.138. The van der Waals surface area contributed by atoms with Crippen LogP contribution in [-0.2, 0) is 11.2 Å². The standard InChI is InChI=1S/C29H26N4O2/c1-19-14-16-25-23(18-19)22(28(31-25)26-17-15-20-8-5-6-12-24(20)30-26)11-7-13-27(34)32-33-29(35)21-9-3-2-4-10-21/h2-6,8-10,12,14-18,31H,7,11,13H2,1H3,(H,32,34)(H,33,35). The molecule has 2 heterocycles. The summed E-state index contributed by atoms with van der Waals surface area (Å²) in [7, 11) is 0. The zero-order valence-corrected chi connectivity index (χ0v) is 19.5. The van der Waals surface area contributed by atoms with Crippen LogP contribution in [0.3, 0.4) is 0 Å². The SMILES string of the molecule is Cc1ccc2[nH]c(-c3ccc4ccccc4n3)c(CCCC(=O)NNC(=O)c3ccccc3)c2c1. The Hall–Kier alpha value is -4.45. The highest BCUT2D eigenvalue weighted by Crippen LogP contribution is 2.32. The van der Waals surface area contributed by atoms with Crippen molar-refractivity contribution < 1.29 is 9.59 Å². The first kappa shape index (κ1) is 22.3. The van der Waals surface area contributed by atoms with E-state index in [2.05, 4.69) is 53.1 Å². The minimum atomic E-state index is -0.337. The molecule has 6 heteroatoms. The molecule has 0 aliphatic rings. The number of amides is 2. The molecule has 3 aromatic carbocycles. The van der Waals surface area contributed by atoms with Crippen LogP contribution < -0.4 is 10.9 Å². The molecule has 0 saturated carbocycles. The molecule has 3 N–H and O–H groups in total. The van der Waals surface area contributed by atoms with Crippen molar-refractivity contribution in [1.29, 1.82) is 0 Å². The minimum Gasteiger partial charge on any atom is -0.353 e. The molecule has 2 amide bonds. The average Bonchev–Trinajstić information content (AvgIpc) is 3.25. The van der Waals surface area contributed by atoms with Gasteiger partial charge in [0.2, 0.25) is 5.91 Å². The molecule has 2 aromatic heterocycles. The van der Waals surface area contributed by atoms with Gasteiger partial charge in [0, 0.05) is 28.3 Å². The van der Waals surface area contributed by atoms with Gasteiger partial charge in [0.15, 0.2) is 0 Å². The monoisotopic (exact) mass is 462 g/mol. The molecule has 0 fully saturated rings. The van der Waals surface area contributed by atoms with E-state index in [9.17, 15) is 9.59 Å². The summed E-state index contributed by atoms with van der Waals surface area (Å²) in [4.78, 5) is 33.0. The number of hydrazine groups is 1. The van der Waals surface area contributed by atoms with Crippen LogP contribution in [0.1, 0.15) is 34.3 Å². The van der Waals surface area contributed by atoms with Crippen LogP contribution in [0.5, 0.6) is 0 Å². The van der Waals surface area contributed by atoms with Crippen molar-refractivity contribution >= 4 is 33.6 Å². The van der Waals surface area contributed by atoms with Crippen molar-refractivity contribution in [2.24, 2.45) is 0 Å². The number of fused-ring (bicyclic) bond motifs is 2. The van der Waals surface area contributed by atoms with Crippen molar-refractivity contribution in [3.8, 4) is 11.4 Å². The van der Waals surface area contributed by atoms with Gasteiger partial charge in [0.05, 0.1) is 16.9 Å². The highest BCUT2D eigenvalue weighted by atomic mass is 16.2. The number of aromatic amines is 1. The molecule has 174 valence electrons. The molecule has 0 aliphatic heterocycles. The summed E-state index contributed by atoms with van der Waals surface area (Å²) in [5.74, 6) is -0.564. The summed E-state index contributed by atoms with van der Waals surface area (Å²) in [6.45, 7) is 2.08. The van der Waals surface area contributed by atoms with Gasteiger partial charge in [-0.3, -0.25) is 20.4 Å². The maximum atomic E-state index is 12.4. The summed E-state index contributed by atoms with van der Waals surface area (Å²) in [6.07, 6.45) is 1.63. The van der Waals surface area contributed by atoms with Crippen LogP contribution >= 0.6 is 0 Å². The number of pyridine rings is 1. The number of aromatic nitrogens is 2. The molecule has 0 spiro atoms. The molecular formula is C29H26N4O2. The number of nitrogens with one attached hydrogen (secondary N) is 3. The molecule has 5 rings (SSSR count). The molecule has 0 atom stereocenters. The van der Waals surface area contributed by atoms with E-state index in [1.165, 1.54) is 5.56 Å². The van der Waals surface area contributed by atoms with Crippen LogP contribution in [0, 0.1) is 6.92 Å². The van der Waals surface area contributed by atoms with Crippen molar-refractivity contribution in [3.05, 3.63) is 102 Å². The van der Waals surface area contributed by atoms with Crippen LogP contribution in [0.4, 0.5) is 0 Å². The van der Waals surface area contributed by atoms with Gasteiger partial charge in [-0.25, -0.2) is 4.98 Å². The van der Waals surface area contributed by atoms with Gasteiger partial charge >= 0.3 is 0 Å². The molecule has 0 unspecified atom stereocenters. The normalized spacial score (nSPS) is 11.0. The van der Waals surface area contributed by atoms with Gasteiger partial charge in [-0.1, -0.05) is 54.1 Å². The topological polar surface area (TPSA) is 86.9 Å². The van der Waals surface area contributed by atoms with E-state index >= 15 is 0 Å². The van der Waals surface area contributed by atoms with E-state index in [1.54, 1.807) is 24.3 Å². The Bertz CT molecular complexity index is 1520. The fourth-order valence-electron chi connectivity index (χ4n) is 4.32. The van der Waals surface area contributed by atoms with E-state index in [-0.39, 0.29) is 18.2 Å². The van der Waals surface area contributed by atoms with Crippen LogP contribution in [0.15, 0.2) is 84.9 Å². The summed E-state index contributed by atoms with van der Waals surface area (Å²) in [5, 5.41) is 2.24. The average molecular weight is 463 g/mol. The van der Waals surface area contributed by atoms with Gasteiger partial charge in [-0.05, 0) is 61.7 Å². The van der Waals surface area contributed by atoms with E-state index in [4.69, 9.17) is 4.98 Å². The highest BCUT2D eigenvalue weighted by molar-refractivity contribution is 5.95. The lowest BCUT2D eigenvalue weighted by molar-refractivity contribution is -0.121. The third-order valence-electron chi connectivity index (χ3n) is 6.10. The second-order valence-electron chi connectivity index (χ2n) is 8.64. The summed E-state index contributed by atoms with van der Waals surface area (Å²) < 4.78 is 0. The van der Waals surface area contributed by atoms with Crippen molar-refractivity contribution in [1.82, 2.24) is 20.8 Å². The number of para-hydroxylation sites is 1. The summed E-state index contributed by atoms with van der Waals surface area (Å²) in [6, 6.07) is 27.3. The Morgan fingerprint density at radius 1 is 0.886 bits per heavy atom. The first-order chi connectivity index (χ1) is 17.1. The predicted molar refractivity (Wildman–Crippen MR) is 139 cm³/mol. The number of H-pyrrole nitrogens is 1. The zero-order valence-electron chi connectivity index (χ0n) is 19.5. The molecule has 6 nitrogen and oxygen atoms in total. The minimum absolute atomic E-state index is 0.226. The highest BCUT2D eigenvalue weighted by Gasteiger charge is 2.16. The van der Waals surface area contributed by atoms with Crippen molar-refractivity contribution in [2.45, 2.75) is 26.2 Å². The first-order valence-electron chi connectivity index (χ1n) is 11.7. The smallest absolute Gasteiger partial charge is 0.269 e. The quantitative estimate of drug-likeness (QED) is 0.292. The number of rotatable bonds is 6. The second-order valence-corrected chi connectivity index (χ2v) is 8.64. The number of carbonyl (C=O) groups is 2. The Morgan fingerprint density at radius 2 is 1.69 bits per heavy atom. The third-order valence-corrected chi connectivity index (χ3v) is 6.10. The van der Waals surface area contributed by atoms with Gasteiger partial charge < -0.3 is 4.98 Å². The molecule has 5 aromatic rings. The molecule has 35 heavy (non-hydrogen) atoms. The molecule has 0 radical (unpaired) electrons. The molecule has 0 aliphatic carbocycles. The fourth-order valence-corrected chi connectivity index (χ4v) is 4.32.